The second-order valence-electron chi connectivity index (χ2n) is 4.36. The van der Waals surface area contributed by atoms with Crippen molar-refractivity contribution >= 4 is 21.8 Å². The molecule has 0 aliphatic heterocycles. The van der Waals surface area contributed by atoms with Crippen LogP contribution in [0.1, 0.15) is 37.7 Å². The molecule has 0 fully saturated rings. The summed E-state index contributed by atoms with van der Waals surface area (Å²) in [6, 6.07) is 1.78. The van der Waals surface area contributed by atoms with Crippen LogP contribution >= 0.6 is 15.9 Å². The fraction of sp³-hybridized carbons (Fsp3) is 0.583. The zero-order valence-corrected chi connectivity index (χ0v) is 12.0. The first-order valence-corrected chi connectivity index (χ1v) is 6.54. The van der Waals surface area contributed by atoms with Gasteiger partial charge < -0.3 is 15.0 Å². The van der Waals surface area contributed by atoms with Gasteiger partial charge in [-0.1, -0.05) is 6.92 Å². The van der Waals surface area contributed by atoms with E-state index < -0.39 is 5.54 Å². The van der Waals surface area contributed by atoms with Crippen LogP contribution in [-0.4, -0.2) is 27.7 Å². The Kier molecular flexibility index (Phi) is 4.77. The van der Waals surface area contributed by atoms with E-state index in [1.807, 2.05) is 31.5 Å². The minimum absolute atomic E-state index is 0.0662. The highest BCUT2D eigenvalue weighted by Gasteiger charge is 2.25. The number of aliphatic hydroxyl groups is 1. The van der Waals surface area contributed by atoms with E-state index in [4.69, 9.17) is 0 Å². The van der Waals surface area contributed by atoms with Crippen LogP contribution in [0.25, 0.3) is 0 Å². The third kappa shape index (κ3) is 3.33. The number of aliphatic hydroxyl groups excluding tert-OH is 1. The number of amides is 1. The quantitative estimate of drug-likeness (QED) is 0.876. The molecule has 1 aromatic rings. The Morgan fingerprint density at radius 2 is 2.24 bits per heavy atom. The van der Waals surface area contributed by atoms with Crippen molar-refractivity contribution < 1.29 is 9.90 Å². The molecule has 4 nitrogen and oxygen atoms in total. The SMILES string of the molecule is CCn1cc(Br)cc1C(=O)NC(C)(CC)CO. The molecule has 5 heteroatoms. The van der Waals surface area contributed by atoms with Crippen LogP contribution in [0, 0.1) is 0 Å². The van der Waals surface area contributed by atoms with Crippen LogP contribution in [0.4, 0.5) is 0 Å². The molecule has 0 saturated carbocycles. The van der Waals surface area contributed by atoms with E-state index in [2.05, 4.69) is 21.2 Å². The molecule has 1 aromatic heterocycles. The summed E-state index contributed by atoms with van der Waals surface area (Å²) in [4.78, 5) is 12.1. The molecule has 1 amide bonds. The number of nitrogens with zero attached hydrogens (tertiary/aromatic N) is 1. The first-order chi connectivity index (χ1) is 7.95. The summed E-state index contributed by atoms with van der Waals surface area (Å²) in [5.74, 6) is -0.157. The summed E-state index contributed by atoms with van der Waals surface area (Å²) in [6.07, 6.45) is 2.56. The van der Waals surface area contributed by atoms with Gasteiger partial charge in [-0.15, -0.1) is 0 Å². The number of aryl methyl sites for hydroxylation is 1. The first kappa shape index (κ1) is 14.3. The maximum Gasteiger partial charge on any atom is 0.268 e. The molecule has 0 aromatic carbocycles. The lowest BCUT2D eigenvalue weighted by Gasteiger charge is -2.27. The summed E-state index contributed by atoms with van der Waals surface area (Å²) < 4.78 is 2.75. The Hall–Kier alpha value is -0.810. The maximum atomic E-state index is 12.1. The average molecular weight is 303 g/mol. The highest BCUT2D eigenvalue weighted by Crippen LogP contribution is 2.16. The number of hydrogen-bond donors (Lipinski definition) is 2. The summed E-state index contributed by atoms with van der Waals surface area (Å²) in [5, 5.41) is 12.1. The van der Waals surface area contributed by atoms with Crippen LogP contribution in [-0.2, 0) is 6.54 Å². The van der Waals surface area contributed by atoms with Crippen molar-refractivity contribution in [2.45, 2.75) is 39.3 Å². The number of carbonyl (C=O) groups excluding carboxylic acids is 1. The van der Waals surface area contributed by atoms with Gasteiger partial charge in [0.1, 0.15) is 5.69 Å². The molecular weight excluding hydrogens is 284 g/mol. The van der Waals surface area contributed by atoms with Gasteiger partial charge in [0, 0.05) is 17.2 Å². The van der Waals surface area contributed by atoms with Gasteiger partial charge in [0.25, 0.3) is 5.91 Å². The highest BCUT2D eigenvalue weighted by molar-refractivity contribution is 9.10. The van der Waals surface area contributed by atoms with Crippen molar-refractivity contribution in [1.82, 2.24) is 9.88 Å². The molecular formula is C12H19BrN2O2. The zero-order chi connectivity index (χ0) is 13.1. The summed E-state index contributed by atoms with van der Waals surface area (Å²) >= 11 is 3.36. The second kappa shape index (κ2) is 5.69. The lowest BCUT2D eigenvalue weighted by molar-refractivity contribution is 0.0838. The topological polar surface area (TPSA) is 54.3 Å². The molecule has 0 bridgehead atoms. The van der Waals surface area contributed by atoms with Gasteiger partial charge in [-0.2, -0.15) is 0 Å². The largest absolute Gasteiger partial charge is 0.394 e. The van der Waals surface area contributed by atoms with Crippen LogP contribution in [0.3, 0.4) is 0 Å². The van der Waals surface area contributed by atoms with Gasteiger partial charge in [-0.25, -0.2) is 0 Å². The van der Waals surface area contributed by atoms with E-state index in [1.165, 1.54) is 0 Å². The van der Waals surface area contributed by atoms with Crippen LogP contribution < -0.4 is 5.32 Å². The average Bonchev–Trinajstić information content (AvgIpc) is 2.70. The Morgan fingerprint density at radius 1 is 1.59 bits per heavy atom. The van der Waals surface area contributed by atoms with E-state index in [0.717, 1.165) is 11.0 Å². The minimum Gasteiger partial charge on any atom is -0.394 e. The molecule has 0 aliphatic rings. The lowest BCUT2D eigenvalue weighted by Crippen LogP contribution is -2.48. The van der Waals surface area contributed by atoms with Gasteiger partial charge >= 0.3 is 0 Å². The van der Waals surface area contributed by atoms with E-state index in [-0.39, 0.29) is 12.5 Å². The monoisotopic (exact) mass is 302 g/mol. The molecule has 0 spiro atoms. The Morgan fingerprint density at radius 3 is 2.71 bits per heavy atom. The Labute approximate surface area is 110 Å². The predicted octanol–water partition coefficient (Wildman–Crippen LogP) is 2.16. The van der Waals surface area contributed by atoms with E-state index in [0.29, 0.717) is 12.1 Å². The smallest absolute Gasteiger partial charge is 0.268 e. The minimum atomic E-state index is -0.563. The third-order valence-corrected chi connectivity index (χ3v) is 3.41. The number of aromatic nitrogens is 1. The number of carbonyl (C=O) groups is 1. The molecule has 0 aliphatic carbocycles. The predicted molar refractivity (Wildman–Crippen MR) is 71.1 cm³/mol. The summed E-state index contributed by atoms with van der Waals surface area (Å²) in [6.45, 7) is 6.41. The number of halogens is 1. The standard InChI is InChI=1S/C12H19BrN2O2/c1-4-12(3,8-16)14-11(17)10-6-9(13)7-15(10)5-2/h6-7,16H,4-5,8H2,1-3H3,(H,14,17). The van der Waals surface area contributed by atoms with Gasteiger partial charge in [0.15, 0.2) is 0 Å². The highest BCUT2D eigenvalue weighted by atomic mass is 79.9. The Balaban J connectivity index is 2.89. The van der Waals surface area contributed by atoms with Crippen molar-refractivity contribution in [1.29, 1.82) is 0 Å². The van der Waals surface area contributed by atoms with Crippen molar-refractivity contribution in [2.24, 2.45) is 0 Å². The third-order valence-electron chi connectivity index (χ3n) is 2.98. The fourth-order valence-corrected chi connectivity index (χ4v) is 1.97. The van der Waals surface area contributed by atoms with E-state index >= 15 is 0 Å². The molecule has 1 heterocycles. The number of hydrogen-bond acceptors (Lipinski definition) is 2. The summed E-state index contributed by atoms with van der Waals surface area (Å²) in [5.41, 5.74) is 0.0411. The van der Waals surface area contributed by atoms with Crippen LogP contribution in [0.5, 0.6) is 0 Å². The molecule has 1 unspecified atom stereocenters. The number of nitrogens with one attached hydrogen (secondary N) is 1. The van der Waals surface area contributed by atoms with Crippen molar-refractivity contribution in [3.05, 3.63) is 22.4 Å². The zero-order valence-electron chi connectivity index (χ0n) is 10.5. The van der Waals surface area contributed by atoms with Crippen molar-refractivity contribution in [3.63, 3.8) is 0 Å². The maximum absolute atomic E-state index is 12.1. The summed E-state index contributed by atoms with van der Waals surface area (Å²) in [7, 11) is 0. The van der Waals surface area contributed by atoms with Gasteiger partial charge in [-0.3, -0.25) is 4.79 Å². The molecule has 0 radical (unpaired) electrons. The molecule has 17 heavy (non-hydrogen) atoms. The molecule has 96 valence electrons. The van der Waals surface area contributed by atoms with Gasteiger partial charge in [0.05, 0.1) is 12.1 Å². The molecule has 1 rings (SSSR count). The lowest BCUT2D eigenvalue weighted by atomic mass is 10.00. The fourth-order valence-electron chi connectivity index (χ4n) is 1.50. The first-order valence-electron chi connectivity index (χ1n) is 5.74. The number of rotatable bonds is 5. The van der Waals surface area contributed by atoms with Crippen molar-refractivity contribution in [2.75, 3.05) is 6.61 Å². The molecule has 2 N–H and O–H groups in total. The second-order valence-corrected chi connectivity index (χ2v) is 5.27. The van der Waals surface area contributed by atoms with E-state index in [9.17, 15) is 9.90 Å². The molecule has 0 saturated heterocycles. The van der Waals surface area contributed by atoms with Gasteiger partial charge in [-0.05, 0) is 42.3 Å². The van der Waals surface area contributed by atoms with E-state index in [1.54, 1.807) is 6.07 Å². The van der Waals surface area contributed by atoms with Crippen LogP contribution in [0.2, 0.25) is 0 Å². The van der Waals surface area contributed by atoms with Crippen LogP contribution in [0.15, 0.2) is 16.7 Å². The van der Waals surface area contributed by atoms with Crippen molar-refractivity contribution in [3.8, 4) is 0 Å². The Bertz CT molecular complexity index is 397. The van der Waals surface area contributed by atoms with Gasteiger partial charge in [0.2, 0.25) is 0 Å². The normalized spacial score (nSPS) is 14.4. The molecule has 1 atom stereocenters.